The van der Waals surface area contributed by atoms with Gasteiger partial charge in [-0.1, -0.05) is 18.2 Å². The molecule has 0 bridgehead atoms. The summed E-state index contributed by atoms with van der Waals surface area (Å²) in [5, 5.41) is 26.6. The lowest BCUT2D eigenvalue weighted by Crippen LogP contribution is -1.82. The van der Waals surface area contributed by atoms with E-state index in [4.69, 9.17) is 15.3 Å². The Bertz CT molecular complexity index is 385. The number of aromatic hydroxyl groups is 2. The second kappa shape index (κ2) is 5.85. The number of benzene rings is 1. The quantitative estimate of drug-likeness (QED) is 0.629. The van der Waals surface area contributed by atoms with E-state index in [0.717, 1.165) is 12.8 Å². The van der Waals surface area contributed by atoms with E-state index in [0.29, 0.717) is 11.3 Å². The van der Waals surface area contributed by atoms with Crippen LogP contribution >= 0.6 is 0 Å². The van der Waals surface area contributed by atoms with E-state index in [9.17, 15) is 0 Å². The summed E-state index contributed by atoms with van der Waals surface area (Å²) in [6.45, 7) is 1.66. The van der Waals surface area contributed by atoms with Crippen LogP contribution in [0.1, 0.15) is 18.4 Å². The van der Waals surface area contributed by atoms with Gasteiger partial charge in [-0.3, -0.25) is 0 Å². The predicted molar refractivity (Wildman–Crippen MR) is 63.6 cm³/mol. The largest absolute Gasteiger partial charge is 0.512 e. The maximum atomic E-state index is 8.94. The fourth-order valence-electron chi connectivity index (χ4n) is 1.20. The van der Waals surface area contributed by atoms with E-state index in [1.165, 1.54) is 12.1 Å². The van der Waals surface area contributed by atoms with E-state index in [1.807, 2.05) is 12.2 Å². The van der Waals surface area contributed by atoms with Gasteiger partial charge in [0.1, 0.15) is 11.5 Å². The lowest BCUT2D eigenvalue weighted by Gasteiger charge is -1.98. The number of aliphatic hydroxyl groups excluding tert-OH is 1. The van der Waals surface area contributed by atoms with Crippen LogP contribution in [0.2, 0.25) is 0 Å². The highest BCUT2D eigenvalue weighted by Gasteiger charge is 1.97. The molecule has 0 amide bonds. The summed E-state index contributed by atoms with van der Waals surface area (Å²) in [7, 11) is 0. The number of rotatable bonds is 0. The number of hydrogen-bond acceptors (Lipinski definition) is 3. The molecule has 1 aliphatic carbocycles. The zero-order valence-corrected chi connectivity index (χ0v) is 9.22. The van der Waals surface area contributed by atoms with Gasteiger partial charge in [-0.05, 0) is 31.6 Å². The highest BCUT2D eigenvalue weighted by atomic mass is 16.3. The minimum Gasteiger partial charge on any atom is -0.512 e. The molecule has 3 heteroatoms. The van der Waals surface area contributed by atoms with Gasteiger partial charge in [-0.25, -0.2) is 0 Å². The second-order valence-electron chi connectivity index (χ2n) is 3.55. The normalized spacial score (nSPS) is 13.7. The molecule has 0 atom stereocenters. The average molecular weight is 220 g/mol. The molecular weight excluding hydrogens is 204 g/mol. The van der Waals surface area contributed by atoms with Crippen LogP contribution in [0, 0.1) is 6.92 Å². The molecule has 16 heavy (non-hydrogen) atoms. The fraction of sp³-hybridized carbons (Fsp3) is 0.231. The fourth-order valence-corrected chi connectivity index (χ4v) is 1.20. The first-order valence-corrected chi connectivity index (χ1v) is 5.13. The van der Waals surface area contributed by atoms with E-state index in [-0.39, 0.29) is 11.5 Å². The summed E-state index contributed by atoms with van der Waals surface area (Å²) in [6.07, 6.45) is 7.45. The minimum absolute atomic E-state index is 0.134. The van der Waals surface area contributed by atoms with Crippen molar-refractivity contribution in [2.75, 3.05) is 0 Å². The Morgan fingerprint density at radius 3 is 2.00 bits per heavy atom. The van der Waals surface area contributed by atoms with Gasteiger partial charge in [-0.15, -0.1) is 0 Å². The Labute approximate surface area is 95.0 Å². The van der Waals surface area contributed by atoms with Gasteiger partial charge in [0.25, 0.3) is 0 Å². The van der Waals surface area contributed by atoms with Crippen molar-refractivity contribution in [1.29, 1.82) is 0 Å². The molecular formula is C13H16O3. The molecule has 0 radical (unpaired) electrons. The first-order valence-electron chi connectivity index (χ1n) is 5.13. The third kappa shape index (κ3) is 3.69. The molecule has 0 fully saturated rings. The maximum absolute atomic E-state index is 8.94. The van der Waals surface area contributed by atoms with Crippen molar-refractivity contribution in [2.24, 2.45) is 0 Å². The summed E-state index contributed by atoms with van der Waals surface area (Å²) in [6, 6.07) is 4.67. The smallest absolute Gasteiger partial charge is 0.122 e. The number of phenolic OH excluding ortho intramolecular Hbond substituents is 2. The number of hydrogen-bond donors (Lipinski definition) is 3. The Morgan fingerprint density at radius 2 is 1.69 bits per heavy atom. The average Bonchev–Trinajstić information content (AvgIpc) is 2.28. The molecule has 1 aromatic rings. The number of phenols is 2. The van der Waals surface area contributed by atoms with E-state index in [1.54, 1.807) is 19.1 Å². The molecule has 3 nitrogen and oxygen atoms in total. The Morgan fingerprint density at radius 1 is 1.06 bits per heavy atom. The number of aliphatic hydroxyl groups is 1. The van der Waals surface area contributed by atoms with Crippen LogP contribution in [0.4, 0.5) is 0 Å². The molecule has 3 N–H and O–H groups in total. The van der Waals surface area contributed by atoms with Crippen molar-refractivity contribution in [3.05, 3.63) is 47.7 Å². The first kappa shape index (κ1) is 12.2. The van der Waals surface area contributed by atoms with E-state index in [2.05, 4.69) is 0 Å². The third-order valence-electron chi connectivity index (χ3n) is 2.27. The van der Waals surface area contributed by atoms with Gasteiger partial charge in [0, 0.05) is 12.0 Å². The standard InChI is InChI=1S/C7H8O2.C6H8O/c1-5-6(8)3-2-4-7(5)9;7-6-4-2-1-3-5-6/h2-4,8-9H,1H3;1-2,4,7H,3,5H2. The molecule has 2 rings (SSSR count). The Hall–Kier alpha value is -1.90. The SMILES string of the molecule is Cc1c(O)cccc1O.OC1=CC=CCC1. The van der Waals surface area contributed by atoms with Gasteiger partial charge >= 0.3 is 0 Å². The van der Waals surface area contributed by atoms with Crippen LogP contribution in [0.5, 0.6) is 11.5 Å². The Balaban J connectivity index is 0.000000165. The van der Waals surface area contributed by atoms with Gasteiger partial charge in [0.2, 0.25) is 0 Å². The lowest BCUT2D eigenvalue weighted by atomic mass is 10.2. The van der Waals surface area contributed by atoms with Gasteiger partial charge in [-0.2, -0.15) is 0 Å². The summed E-state index contributed by atoms with van der Waals surface area (Å²) in [5.74, 6) is 0.771. The molecule has 0 aliphatic heterocycles. The molecule has 0 saturated carbocycles. The second-order valence-corrected chi connectivity index (χ2v) is 3.55. The van der Waals surface area contributed by atoms with E-state index < -0.39 is 0 Å². The lowest BCUT2D eigenvalue weighted by molar-refractivity contribution is 0.387. The highest BCUT2D eigenvalue weighted by Crippen LogP contribution is 2.23. The van der Waals surface area contributed by atoms with Crippen molar-refractivity contribution < 1.29 is 15.3 Å². The first-order chi connectivity index (χ1) is 7.61. The molecule has 0 unspecified atom stereocenters. The van der Waals surface area contributed by atoms with Crippen molar-refractivity contribution >= 4 is 0 Å². The number of allylic oxidation sites excluding steroid dienone is 4. The van der Waals surface area contributed by atoms with Crippen LogP contribution in [-0.4, -0.2) is 15.3 Å². The molecule has 0 saturated heterocycles. The summed E-state index contributed by atoms with van der Waals surface area (Å²) in [5.41, 5.74) is 0.525. The maximum Gasteiger partial charge on any atom is 0.122 e. The predicted octanol–water partition coefficient (Wildman–Crippen LogP) is 3.18. The minimum atomic E-state index is 0.134. The van der Waals surface area contributed by atoms with Crippen LogP contribution in [0.25, 0.3) is 0 Å². The van der Waals surface area contributed by atoms with Crippen LogP contribution < -0.4 is 0 Å². The summed E-state index contributed by atoms with van der Waals surface area (Å²) >= 11 is 0. The zero-order chi connectivity index (χ0) is 12.0. The molecule has 1 aliphatic rings. The van der Waals surface area contributed by atoms with Crippen LogP contribution in [-0.2, 0) is 0 Å². The van der Waals surface area contributed by atoms with Gasteiger partial charge < -0.3 is 15.3 Å². The van der Waals surface area contributed by atoms with Crippen molar-refractivity contribution in [3.63, 3.8) is 0 Å². The molecule has 0 spiro atoms. The molecule has 86 valence electrons. The van der Waals surface area contributed by atoms with Crippen molar-refractivity contribution in [1.82, 2.24) is 0 Å². The van der Waals surface area contributed by atoms with Crippen LogP contribution in [0.15, 0.2) is 42.2 Å². The van der Waals surface area contributed by atoms with Crippen LogP contribution in [0.3, 0.4) is 0 Å². The van der Waals surface area contributed by atoms with Crippen molar-refractivity contribution in [3.8, 4) is 11.5 Å². The highest BCUT2D eigenvalue weighted by molar-refractivity contribution is 5.41. The molecule has 0 aromatic heterocycles. The molecule has 0 heterocycles. The monoisotopic (exact) mass is 220 g/mol. The molecule has 1 aromatic carbocycles. The van der Waals surface area contributed by atoms with Gasteiger partial charge in [0.05, 0.1) is 5.76 Å². The van der Waals surface area contributed by atoms with Crippen molar-refractivity contribution in [2.45, 2.75) is 19.8 Å². The summed E-state index contributed by atoms with van der Waals surface area (Å²) < 4.78 is 0. The topological polar surface area (TPSA) is 60.7 Å². The van der Waals surface area contributed by atoms with E-state index >= 15 is 0 Å². The van der Waals surface area contributed by atoms with Gasteiger partial charge in [0.15, 0.2) is 0 Å². The summed E-state index contributed by atoms with van der Waals surface area (Å²) in [4.78, 5) is 0. The third-order valence-corrected chi connectivity index (χ3v) is 2.27. The zero-order valence-electron chi connectivity index (χ0n) is 9.22. The Kier molecular flexibility index (Phi) is 4.45.